The maximum Gasteiger partial charge on any atom is 0.261 e. The molecule has 180 valence electrons. The first-order chi connectivity index (χ1) is 16.4. The van der Waals surface area contributed by atoms with Crippen molar-refractivity contribution in [3.8, 4) is 5.75 Å². The number of aryl methyl sites for hydroxylation is 1. The van der Waals surface area contributed by atoms with Crippen molar-refractivity contribution in [1.29, 1.82) is 0 Å². The first kappa shape index (κ1) is 26.0. The zero-order valence-corrected chi connectivity index (χ0v) is 22.4. The molecular weight excluding hydrogens is 565 g/mol. The van der Waals surface area contributed by atoms with Crippen LogP contribution in [0.3, 0.4) is 0 Å². The number of nitrogens with zero attached hydrogens (tertiary/aromatic N) is 3. The molecule has 0 bridgehead atoms. The van der Waals surface area contributed by atoms with E-state index in [4.69, 9.17) is 4.74 Å². The third-order valence-electron chi connectivity index (χ3n) is 5.00. The number of amides is 2. The predicted molar refractivity (Wildman–Crippen MR) is 142 cm³/mol. The van der Waals surface area contributed by atoms with Crippen molar-refractivity contribution in [2.75, 3.05) is 11.1 Å². The maximum absolute atomic E-state index is 12.5. The molecule has 0 saturated carbocycles. The van der Waals surface area contributed by atoms with E-state index in [1.807, 2.05) is 60.0 Å². The van der Waals surface area contributed by atoms with E-state index in [1.165, 1.54) is 17.3 Å². The number of aromatic nitrogens is 3. The number of halogens is 1. The van der Waals surface area contributed by atoms with Crippen molar-refractivity contribution >= 4 is 51.9 Å². The van der Waals surface area contributed by atoms with E-state index in [1.54, 1.807) is 6.92 Å². The van der Waals surface area contributed by atoms with Gasteiger partial charge in [-0.2, -0.15) is 0 Å². The summed E-state index contributed by atoms with van der Waals surface area (Å²) in [7, 11) is 0. The first-order valence-electron chi connectivity index (χ1n) is 11.0. The van der Waals surface area contributed by atoms with E-state index < -0.39 is 6.10 Å². The van der Waals surface area contributed by atoms with Crippen LogP contribution >= 0.6 is 34.4 Å². The molecule has 3 aromatic rings. The molecular formula is C24H28IN5O3S. The van der Waals surface area contributed by atoms with Crippen molar-refractivity contribution in [2.24, 2.45) is 0 Å². The lowest BCUT2D eigenvalue weighted by Gasteiger charge is -2.15. The average Bonchev–Trinajstić information content (AvgIpc) is 3.24. The summed E-state index contributed by atoms with van der Waals surface area (Å²) in [5.41, 5.74) is 1.97. The van der Waals surface area contributed by atoms with Crippen molar-refractivity contribution < 1.29 is 14.3 Å². The smallest absolute Gasteiger partial charge is 0.261 e. The average molecular weight is 593 g/mol. The molecule has 0 spiro atoms. The Balaban J connectivity index is 1.50. The molecule has 34 heavy (non-hydrogen) atoms. The van der Waals surface area contributed by atoms with Gasteiger partial charge in [0.15, 0.2) is 17.1 Å². The molecule has 0 radical (unpaired) electrons. The zero-order chi connectivity index (χ0) is 24.5. The molecule has 0 aliphatic rings. The molecule has 2 aromatic carbocycles. The normalized spacial score (nSPS) is 11.6. The van der Waals surface area contributed by atoms with E-state index in [2.05, 4.69) is 50.3 Å². The molecule has 0 aliphatic heterocycles. The van der Waals surface area contributed by atoms with Gasteiger partial charge in [0.25, 0.3) is 5.91 Å². The number of carbonyl (C=O) groups is 2. The van der Waals surface area contributed by atoms with Gasteiger partial charge in [-0.1, -0.05) is 30.8 Å². The Kier molecular flexibility index (Phi) is 9.75. The summed E-state index contributed by atoms with van der Waals surface area (Å²) in [5, 5.41) is 14.7. The lowest BCUT2D eigenvalue weighted by molar-refractivity contribution is -0.127. The van der Waals surface area contributed by atoms with Gasteiger partial charge in [0, 0.05) is 15.8 Å². The molecule has 0 aliphatic carbocycles. The van der Waals surface area contributed by atoms with Gasteiger partial charge < -0.3 is 19.9 Å². The predicted octanol–water partition coefficient (Wildman–Crippen LogP) is 4.28. The molecule has 2 amide bonds. The van der Waals surface area contributed by atoms with Crippen molar-refractivity contribution in [3.05, 3.63) is 63.5 Å². The van der Waals surface area contributed by atoms with E-state index in [0.717, 1.165) is 15.7 Å². The Bertz CT molecular complexity index is 1100. The largest absolute Gasteiger partial charge is 0.481 e. The number of anilines is 1. The van der Waals surface area contributed by atoms with Crippen molar-refractivity contribution in [2.45, 2.75) is 51.5 Å². The van der Waals surface area contributed by atoms with Crippen LogP contribution in [-0.2, 0) is 29.1 Å². The summed E-state index contributed by atoms with van der Waals surface area (Å²) in [6, 6.07) is 15.3. The number of nitrogens with one attached hydrogen (secondary N) is 2. The van der Waals surface area contributed by atoms with E-state index in [-0.39, 0.29) is 24.1 Å². The van der Waals surface area contributed by atoms with Crippen molar-refractivity contribution in [3.63, 3.8) is 0 Å². The summed E-state index contributed by atoms with van der Waals surface area (Å²) < 4.78 is 8.73. The monoisotopic (exact) mass is 593 g/mol. The molecule has 0 unspecified atom stereocenters. The molecule has 1 heterocycles. The van der Waals surface area contributed by atoms with E-state index >= 15 is 0 Å². The number of hydrogen-bond acceptors (Lipinski definition) is 6. The van der Waals surface area contributed by atoms with Crippen molar-refractivity contribution in [1.82, 2.24) is 20.1 Å². The molecule has 1 aromatic heterocycles. The summed E-state index contributed by atoms with van der Waals surface area (Å²) in [6.45, 7) is 6.61. The number of ether oxygens (including phenoxy) is 1. The topological polar surface area (TPSA) is 98.1 Å². The Morgan fingerprint density at radius 1 is 1.09 bits per heavy atom. The highest BCUT2D eigenvalue weighted by Gasteiger charge is 2.18. The maximum atomic E-state index is 12.5. The Morgan fingerprint density at radius 3 is 2.44 bits per heavy atom. The highest BCUT2D eigenvalue weighted by atomic mass is 127. The molecule has 2 N–H and O–H groups in total. The zero-order valence-electron chi connectivity index (χ0n) is 19.4. The Labute approximate surface area is 217 Å². The second-order valence-electron chi connectivity index (χ2n) is 7.46. The third kappa shape index (κ3) is 7.45. The van der Waals surface area contributed by atoms with Crippen LogP contribution in [0.1, 0.15) is 32.2 Å². The van der Waals surface area contributed by atoms with Crippen LogP contribution in [0, 0.1) is 3.57 Å². The SMILES string of the molecule is CCc1ccc(O[C@H](C)C(=O)NCc2nnc(SCC(=O)Nc3ccc(I)cc3)n2CC)cc1. The fraction of sp³-hybridized carbons (Fsp3) is 0.333. The van der Waals surface area contributed by atoms with Gasteiger partial charge >= 0.3 is 0 Å². The van der Waals surface area contributed by atoms with Crippen LogP contribution in [0.4, 0.5) is 5.69 Å². The molecule has 0 saturated heterocycles. The van der Waals surface area contributed by atoms with Crippen LogP contribution < -0.4 is 15.4 Å². The molecule has 1 atom stereocenters. The van der Waals surface area contributed by atoms with Crippen LogP contribution in [0.15, 0.2) is 53.7 Å². The second kappa shape index (κ2) is 12.7. The van der Waals surface area contributed by atoms with Gasteiger partial charge in [0.05, 0.1) is 12.3 Å². The minimum atomic E-state index is -0.649. The lowest BCUT2D eigenvalue weighted by atomic mass is 10.2. The molecule has 3 rings (SSSR count). The lowest BCUT2D eigenvalue weighted by Crippen LogP contribution is -2.36. The summed E-state index contributed by atoms with van der Waals surface area (Å²) in [6.07, 6.45) is 0.301. The van der Waals surface area contributed by atoms with Crippen LogP contribution in [-0.4, -0.2) is 38.4 Å². The number of benzene rings is 2. The Hall–Kier alpha value is -2.60. The van der Waals surface area contributed by atoms with Gasteiger partial charge in [-0.15, -0.1) is 10.2 Å². The highest BCUT2D eigenvalue weighted by Crippen LogP contribution is 2.19. The fourth-order valence-corrected chi connectivity index (χ4v) is 4.29. The summed E-state index contributed by atoms with van der Waals surface area (Å²) in [5.74, 6) is 1.12. The van der Waals surface area contributed by atoms with E-state index in [9.17, 15) is 9.59 Å². The van der Waals surface area contributed by atoms with Gasteiger partial charge in [-0.05, 0) is 84.8 Å². The number of hydrogen-bond donors (Lipinski definition) is 2. The molecule has 10 heteroatoms. The second-order valence-corrected chi connectivity index (χ2v) is 9.65. The van der Waals surface area contributed by atoms with E-state index in [0.29, 0.717) is 23.3 Å². The van der Waals surface area contributed by atoms with Gasteiger partial charge in [-0.3, -0.25) is 9.59 Å². The number of rotatable bonds is 11. The first-order valence-corrected chi connectivity index (χ1v) is 13.1. The number of carbonyl (C=O) groups excluding carboxylic acids is 2. The molecule has 0 fully saturated rings. The quantitative estimate of drug-likeness (QED) is 0.255. The fourth-order valence-electron chi connectivity index (χ4n) is 3.11. The van der Waals surface area contributed by atoms with Crippen LogP contribution in [0.25, 0.3) is 0 Å². The third-order valence-corrected chi connectivity index (χ3v) is 6.69. The summed E-state index contributed by atoms with van der Waals surface area (Å²) >= 11 is 3.52. The van der Waals surface area contributed by atoms with Gasteiger partial charge in [-0.25, -0.2) is 0 Å². The summed E-state index contributed by atoms with van der Waals surface area (Å²) in [4.78, 5) is 24.8. The van der Waals surface area contributed by atoms with Gasteiger partial charge in [0.2, 0.25) is 5.91 Å². The highest BCUT2D eigenvalue weighted by molar-refractivity contribution is 14.1. The standard InChI is InChI=1S/C24H28IN5O3S/c1-4-17-6-12-20(13-7-17)33-16(3)23(32)26-14-21-28-29-24(30(21)5-2)34-15-22(31)27-19-10-8-18(25)9-11-19/h6-13,16H,4-5,14-15H2,1-3H3,(H,26,32)(H,27,31)/t16-/m1/s1. The molecule has 8 nitrogen and oxygen atoms in total. The van der Waals surface area contributed by atoms with Gasteiger partial charge in [0.1, 0.15) is 5.75 Å². The minimum Gasteiger partial charge on any atom is -0.481 e. The van der Waals surface area contributed by atoms with Crippen LogP contribution in [0.2, 0.25) is 0 Å². The van der Waals surface area contributed by atoms with Crippen LogP contribution in [0.5, 0.6) is 5.75 Å². The number of thioether (sulfide) groups is 1. The Morgan fingerprint density at radius 2 is 1.79 bits per heavy atom. The minimum absolute atomic E-state index is 0.121.